The summed E-state index contributed by atoms with van der Waals surface area (Å²) in [6, 6.07) is 15.0. The number of methoxy groups -OCH3 is 1. The van der Waals surface area contributed by atoms with Crippen molar-refractivity contribution < 1.29 is 18.6 Å². The number of rotatable bonds is 10. The molecule has 0 saturated carbocycles. The number of nitrogens with two attached hydrogens (primary N) is 1. The molecule has 0 aliphatic rings. The summed E-state index contributed by atoms with van der Waals surface area (Å²) in [7, 11) is 1.58. The molecule has 0 aliphatic carbocycles. The lowest BCUT2D eigenvalue weighted by Crippen LogP contribution is -2.18. The minimum absolute atomic E-state index is 0.0339. The quantitative estimate of drug-likeness (QED) is 0.175. The monoisotopic (exact) mass is 491 g/mol. The Morgan fingerprint density at radius 2 is 1.89 bits per heavy atom. The zero-order valence-electron chi connectivity index (χ0n) is 20.7. The van der Waals surface area contributed by atoms with Crippen LogP contribution in [0.3, 0.4) is 0 Å². The zero-order chi connectivity index (χ0) is 25.8. The zero-order valence-corrected chi connectivity index (χ0v) is 20.7. The number of nitrogens with one attached hydrogen (secondary N) is 3. The summed E-state index contributed by atoms with van der Waals surface area (Å²) < 4.78 is 32.9. The number of amidine groups is 1. The lowest BCUT2D eigenvalue weighted by Gasteiger charge is -2.22. The number of fused-ring (bicyclic) bond motifs is 1. The molecule has 0 spiro atoms. The second-order valence-corrected chi connectivity index (χ2v) is 8.47. The summed E-state index contributed by atoms with van der Waals surface area (Å²) in [6.45, 7) is 5.96. The predicted octanol–water partition coefficient (Wildman–Crippen LogP) is 5.38. The molecule has 0 bridgehead atoms. The first kappa shape index (κ1) is 24.8. The van der Waals surface area contributed by atoms with Gasteiger partial charge in [0.1, 0.15) is 34.7 Å². The number of hydrogen-bond donors (Lipinski definition) is 4. The molecule has 0 aliphatic heterocycles. The van der Waals surface area contributed by atoms with Crippen LogP contribution in [0.2, 0.25) is 0 Å². The average molecular weight is 492 g/mol. The summed E-state index contributed by atoms with van der Waals surface area (Å²) in [5.41, 5.74) is 8.55. The van der Waals surface area contributed by atoms with Crippen molar-refractivity contribution in [1.29, 1.82) is 5.41 Å². The van der Waals surface area contributed by atoms with Crippen molar-refractivity contribution in [3.63, 3.8) is 0 Å². The molecular formula is C27H30FN5O3. The standard InChI is InChI=1S/C27H30FN5O3/c1-5-35-18-13-19(23(28)22(14-18)36-15(2)3)24(31-17-11-9-16(10-12-17)26(29)30)27-32-20-7-6-8-21(34-4)25(20)33-27/h6-15,24,31H,5H2,1-4H3,(H3,29,30)(H,32,33). The van der Waals surface area contributed by atoms with Crippen molar-refractivity contribution in [3.8, 4) is 17.2 Å². The lowest BCUT2D eigenvalue weighted by atomic mass is 10.0. The minimum atomic E-state index is -0.736. The summed E-state index contributed by atoms with van der Waals surface area (Å²) in [4.78, 5) is 8.07. The summed E-state index contributed by atoms with van der Waals surface area (Å²) in [6.07, 6.45) is -0.231. The highest BCUT2D eigenvalue weighted by atomic mass is 19.1. The van der Waals surface area contributed by atoms with Crippen molar-refractivity contribution in [2.45, 2.75) is 32.9 Å². The molecule has 1 atom stereocenters. The molecule has 0 radical (unpaired) electrons. The molecule has 1 heterocycles. The van der Waals surface area contributed by atoms with E-state index in [0.717, 1.165) is 5.52 Å². The topological polar surface area (TPSA) is 118 Å². The van der Waals surface area contributed by atoms with Gasteiger partial charge in [0.2, 0.25) is 0 Å². The van der Waals surface area contributed by atoms with E-state index in [0.29, 0.717) is 46.3 Å². The van der Waals surface area contributed by atoms with E-state index >= 15 is 4.39 Å². The highest BCUT2D eigenvalue weighted by Gasteiger charge is 2.26. The fourth-order valence-corrected chi connectivity index (χ4v) is 3.93. The van der Waals surface area contributed by atoms with E-state index in [-0.39, 0.29) is 17.7 Å². The summed E-state index contributed by atoms with van der Waals surface area (Å²) >= 11 is 0. The molecule has 0 amide bonds. The van der Waals surface area contributed by atoms with Gasteiger partial charge in [-0.2, -0.15) is 0 Å². The van der Waals surface area contributed by atoms with Crippen LogP contribution < -0.4 is 25.3 Å². The van der Waals surface area contributed by atoms with Crippen LogP contribution in [-0.4, -0.2) is 35.6 Å². The van der Waals surface area contributed by atoms with Gasteiger partial charge in [0.15, 0.2) is 11.6 Å². The van der Waals surface area contributed by atoms with E-state index < -0.39 is 11.9 Å². The lowest BCUT2D eigenvalue weighted by molar-refractivity contribution is 0.228. The predicted molar refractivity (Wildman–Crippen MR) is 139 cm³/mol. The van der Waals surface area contributed by atoms with Crippen LogP contribution in [0.15, 0.2) is 54.6 Å². The van der Waals surface area contributed by atoms with Crippen LogP contribution in [0.5, 0.6) is 17.2 Å². The van der Waals surface area contributed by atoms with E-state index in [1.165, 1.54) is 0 Å². The Balaban J connectivity index is 1.88. The fraction of sp³-hybridized carbons (Fsp3) is 0.259. The number of para-hydroxylation sites is 1. The molecule has 1 unspecified atom stereocenters. The second-order valence-electron chi connectivity index (χ2n) is 8.47. The van der Waals surface area contributed by atoms with Crippen molar-refractivity contribution in [2.75, 3.05) is 19.0 Å². The number of aromatic nitrogens is 2. The molecule has 4 aromatic rings. The summed E-state index contributed by atoms with van der Waals surface area (Å²) in [5.74, 6) is 1.11. The number of ether oxygens (including phenoxy) is 3. The molecular weight excluding hydrogens is 461 g/mol. The normalized spacial score (nSPS) is 11.9. The average Bonchev–Trinajstić information content (AvgIpc) is 3.29. The SMILES string of the molecule is CCOc1cc(OC(C)C)c(F)c(C(Nc2ccc(C(=N)N)cc2)c2nc3c(OC)cccc3[nH]2)c1. The minimum Gasteiger partial charge on any atom is -0.494 e. The number of imidazole rings is 1. The number of nitrogen functional groups attached to an aromatic ring is 1. The van der Waals surface area contributed by atoms with E-state index in [2.05, 4.69) is 10.3 Å². The molecule has 0 fully saturated rings. The Hall–Kier alpha value is -4.27. The molecule has 0 saturated heterocycles. The fourth-order valence-electron chi connectivity index (χ4n) is 3.93. The molecule has 1 aromatic heterocycles. The number of hydrogen-bond acceptors (Lipinski definition) is 6. The first-order chi connectivity index (χ1) is 17.3. The van der Waals surface area contributed by atoms with Gasteiger partial charge in [-0.25, -0.2) is 9.37 Å². The third-order valence-corrected chi connectivity index (χ3v) is 5.52. The van der Waals surface area contributed by atoms with Gasteiger partial charge in [0, 0.05) is 22.9 Å². The van der Waals surface area contributed by atoms with Crippen molar-refractivity contribution in [1.82, 2.24) is 9.97 Å². The van der Waals surface area contributed by atoms with Crippen LogP contribution in [0, 0.1) is 11.2 Å². The number of benzene rings is 3. The molecule has 5 N–H and O–H groups in total. The van der Waals surface area contributed by atoms with Gasteiger partial charge in [-0.3, -0.25) is 5.41 Å². The van der Waals surface area contributed by atoms with Crippen LogP contribution in [0.25, 0.3) is 11.0 Å². The number of H-pyrrole nitrogens is 1. The Kier molecular flexibility index (Phi) is 7.28. The van der Waals surface area contributed by atoms with E-state index in [4.69, 9.17) is 30.3 Å². The molecule has 9 heteroatoms. The third-order valence-electron chi connectivity index (χ3n) is 5.52. The van der Waals surface area contributed by atoms with Crippen molar-refractivity contribution >= 4 is 22.6 Å². The van der Waals surface area contributed by atoms with Crippen LogP contribution >= 0.6 is 0 Å². The third kappa shape index (κ3) is 5.19. The highest BCUT2D eigenvalue weighted by molar-refractivity contribution is 5.95. The van der Waals surface area contributed by atoms with Gasteiger partial charge in [-0.05, 0) is 63.2 Å². The number of halogens is 1. The van der Waals surface area contributed by atoms with Gasteiger partial charge in [0.25, 0.3) is 0 Å². The van der Waals surface area contributed by atoms with E-state index in [1.807, 2.05) is 39.0 Å². The Morgan fingerprint density at radius 1 is 1.14 bits per heavy atom. The number of aromatic amines is 1. The smallest absolute Gasteiger partial charge is 0.171 e. The highest BCUT2D eigenvalue weighted by Crippen LogP contribution is 2.37. The van der Waals surface area contributed by atoms with E-state index in [1.54, 1.807) is 43.5 Å². The largest absolute Gasteiger partial charge is 0.494 e. The van der Waals surface area contributed by atoms with Crippen LogP contribution in [0.1, 0.15) is 43.8 Å². The Bertz CT molecular complexity index is 1370. The maximum Gasteiger partial charge on any atom is 0.171 e. The van der Waals surface area contributed by atoms with Crippen LogP contribution in [0.4, 0.5) is 10.1 Å². The van der Waals surface area contributed by atoms with E-state index in [9.17, 15) is 0 Å². The van der Waals surface area contributed by atoms with Gasteiger partial charge in [0.05, 0.1) is 25.3 Å². The van der Waals surface area contributed by atoms with Crippen molar-refractivity contribution in [3.05, 3.63) is 77.4 Å². The first-order valence-corrected chi connectivity index (χ1v) is 11.7. The molecule has 4 rings (SSSR count). The van der Waals surface area contributed by atoms with Crippen LogP contribution in [-0.2, 0) is 0 Å². The number of nitrogens with zero attached hydrogens (tertiary/aromatic N) is 1. The molecule has 36 heavy (non-hydrogen) atoms. The molecule has 188 valence electrons. The maximum absolute atomic E-state index is 15.9. The summed E-state index contributed by atoms with van der Waals surface area (Å²) in [5, 5.41) is 11.0. The first-order valence-electron chi connectivity index (χ1n) is 11.7. The van der Waals surface area contributed by atoms with Crippen molar-refractivity contribution in [2.24, 2.45) is 5.73 Å². The number of anilines is 1. The Morgan fingerprint density at radius 3 is 2.53 bits per heavy atom. The van der Waals surface area contributed by atoms with Gasteiger partial charge >= 0.3 is 0 Å². The van der Waals surface area contributed by atoms with Gasteiger partial charge in [-0.1, -0.05) is 6.07 Å². The Labute approximate surface area is 209 Å². The van der Waals surface area contributed by atoms with Gasteiger partial charge < -0.3 is 30.2 Å². The molecule has 3 aromatic carbocycles. The second kappa shape index (κ2) is 10.6. The maximum atomic E-state index is 15.9. The van der Waals surface area contributed by atoms with Gasteiger partial charge in [-0.15, -0.1) is 0 Å². The molecule has 8 nitrogen and oxygen atoms in total.